The molecule has 2 nitrogen and oxygen atoms in total. The minimum Gasteiger partial charge on any atom is -0.309 e. The van der Waals surface area contributed by atoms with E-state index in [-0.39, 0.29) is 10.8 Å². The normalized spacial score (nSPS) is 14.4. The summed E-state index contributed by atoms with van der Waals surface area (Å²) >= 11 is 3.75. The van der Waals surface area contributed by atoms with Crippen molar-refractivity contribution in [2.75, 3.05) is 9.80 Å². The number of anilines is 6. The third-order valence-electron chi connectivity index (χ3n) is 21.1. The second-order valence-corrected chi connectivity index (χ2v) is 29.0. The Bertz CT molecular complexity index is 6020. The number of para-hydroxylation sites is 2. The highest BCUT2D eigenvalue weighted by Crippen LogP contribution is 2.58. The fraction of sp³-hybridized carbons (Fsp3) is 0.0652. The maximum Gasteiger partial charge on any atom is 0.0540 e. The number of nitrogens with zero attached hydrogens (tertiary/aromatic N) is 2. The number of fused-ring (bicyclic) bond motifs is 14. The van der Waals surface area contributed by atoms with Gasteiger partial charge in [0.15, 0.2) is 0 Å². The molecule has 0 saturated heterocycles. The lowest BCUT2D eigenvalue weighted by atomic mass is 9.75. The number of hydrogen-bond donors (Lipinski definition) is 0. The Kier molecular flexibility index (Phi) is 12.9. The summed E-state index contributed by atoms with van der Waals surface area (Å²) in [7, 11) is 0. The molecule has 454 valence electrons. The predicted molar refractivity (Wildman–Crippen MR) is 413 cm³/mol. The fourth-order valence-corrected chi connectivity index (χ4v) is 19.0. The molecule has 2 aromatic heterocycles. The molecular weight excluding hydrogens is 1200 g/mol. The molecule has 0 amide bonds. The van der Waals surface area contributed by atoms with Crippen molar-refractivity contribution in [2.24, 2.45) is 0 Å². The second kappa shape index (κ2) is 22.0. The van der Waals surface area contributed by atoms with Crippen LogP contribution in [0.1, 0.15) is 48.6 Å². The van der Waals surface area contributed by atoms with E-state index in [1.54, 1.807) is 0 Å². The molecule has 19 rings (SSSR count). The number of benzene rings is 15. The monoisotopic (exact) mass is 1260 g/mol. The van der Waals surface area contributed by atoms with Crippen LogP contribution in [0.3, 0.4) is 0 Å². The van der Waals surface area contributed by atoms with Gasteiger partial charge in [0.05, 0.1) is 28.4 Å². The van der Waals surface area contributed by atoms with Gasteiger partial charge in [0.2, 0.25) is 0 Å². The smallest absolute Gasteiger partial charge is 0.0540 e. The van der Waals surface area contributed by atoms with E-state index in [2.05, 4.69) is 352 Å². The molecule has 0 saturated carbocycles. The van der Waals surface area contributed by atoms with Gasteiger partial charge in [-0.1, -0.05) is 276 Å². The van der Waals surface area contributed by atoms with Crippen LogP contribution in [0, 0.1) is 0 Å². The van der Waals surface area contributed by atoms with Crippen LogP contribution in [0.5, 0.6) is 0 Å². The molecule has 2 aliphatic carbocycles. The Labute approximate surface area is 567 Å². The number of hydrogen-bond acceptors (Lipinski definition) is 4. The summed E-state index contributed by atoms with van der Waals surface area (Å²) < 4.78 is 5.22. The number of rotatable bonds is 11. The van der Waals surface area contributed by atoms with Crippen LogP contribution in [0.15, 0.2) is 322 Å². The van der Waals surface area contributed by atoms with Gasteiger partial charge in [-0.25, -0.2) is 0 Å². The van der Waals surface area contributed by atoms with Crippen molar-refractivity contribution < 1.29 is 0 Å². The first kappa shape index (κ1) is 56.4. The van der Waals surface area contributed by atoms with Crippen LogP contribution in [-0.2, 0) is 17.3 Å². The zero-order valence-corrected chi connectivity index (χ0v) is 55.2. The van der Waals surface area contributed by atoms with E-state index in [0.717, 1.165) is 34.9 Å². The molecule has 0 N–H and O–H groups in total. The molecule has 0 fully saturated rings. The minimum absolute atomic E-state index is 0.250. The van der Waals surface area contributed by atoms with Gasteiger partial charge in [0, 0.05) is 78.8 Å². The van der Waals surface area contributed by atoms with E-state index >= 15 is 0 Å². The zero-order chi connectivity index (χ0) is 63.8. The van der Waals surface area contributed by atoms with Crippen molar-refractivity contribution >= 4 is 119 Å². The average Bonchev–Trinajstić information content (AvgIpc) is 1.54. The third kappa shape index (κ3) is 8.75. The van der Waals surface area contributed by atoms with Gasteiger partial charge >= 0.3 is 0 Å². The predicted octanol–water partition coefficient (Wildman–Crippen LogP) is 26.5. The molecular formula is C92H64N2S2. The summed E-state index contributed by atoms with van der Waals surface area (Å²) in [5.41, 5.74) is 25.5. The molecule has 4 heteroatoms. The van der Waals surface area contributed by atoms with Crippen molar-refractivity contribution in [1.82, 2.24) is 0 Å². The summed E-state index contributed by atoms with van der Waals surface area (Å²) in [6.07, 6.45) is 0.834. The maximum atomic E-state index is 2.59. The van der Waals surface area contributed by atoms with Crippen LogP contribution < -0.4 is 9.80 Å². The minimum atomic E-state index is -0.313. The van der Waals surface area contributed by atoms with Crippen molar-refractivity contribution in [3.63, 3.8) is 0 Å². The van der Waals surface area contributed by atoms with E-state index in [4.69, 9.17) is 0 Å². The lowest BCUT2D eigenvalue weighted by Crippen LogP contribution is -2.24. The summed E-state index contributed by atoms with van der Waals surface area (Å²) in [6.45, 7) is 7.30. The van der Waals surface area contributed by atoms with Gasteiger partial charge < -0.3 is 9.80 Å². The van der Waals surface area contributed by atoms with Crippen molar-refractivity contribution in [1.29, 1.82) is 0 Å². The topological polar surface area (TPSA) is 6.48 Å². The standard InChI is InChI=1S/C92H64N2S2/c1-91(2)77-34-12-6-28-70(77)75-33-21-41-84(90(75)91)94(82-38-15-9-27-67(82)63-48-53-74-72-30-11-17-43-86(72)96-88(74)56-63)83-40-19-24-61-54-58(44-51-68(61)83)57-92(3)78-35-13-7-31-76(78)89-69(32-20-36-79(89)92)60-45-49-64(50-46-60)93(81-39-18-23-59-22-4-5-25-65(59)81)80-37-14-8-26-66(80)62-47-52-73-71-29-10-16-42-85(71)95-87(73)55-62/h4-56H,57H2,1-3H3. The lowest BCUT2D eigenvalue weighted by molar-refractivity contribution is 0.583. The first-order valence-electron chi connectivity index (χ1n) is 33.4. The molecule has 2 aliphatic rings. The largest absolute Gasteiger partial charge is 0.309 e. The van der Waals surface area contributed by atoms with E-state index in [1.165, 1.54) is 151 Å². The highest BCUT2D eigenvalue weighted by Gasteiger charge is 2.42. The van der Waals surface area contributed by atoms with Crippen LogP contribution >= 0.6 is 22.7 Å². The quantitative estimate of drug-likeness (QED) is 0.127. The van der Waals surface area contributed by atoms with Crippen molar-refractivity contribution in [2.45, 2.75) is 38.0 Å². The first-order valence-corrected chi connectivity index (χ1v) is 35.1. The van der Waals surface area contributed by atoms with Crippen molar-refractivity contribution in [3.8, 4) is 55.6 Å². The zero-order valence-electron chi connectivity index (χ0n) is 53.5. The van der Waals surface area contributed by atoms with Gasteiger partial charge in [0.1, 0.15) is 0 Å². The second-order valence-electron chi connectivity index (χ2n) is 26.9. The average molecular weight is 1260 g/mol. The molecule has 0 bridgehead atoms. The lowest BCUT2D eigenvalue weighted by Gasteiger charge is -2.34. The van der Waals surface area contributed by atoms with Gasteiger partial charge in [-0.2, -0.15) is 0 Å². The van der Waals surface area contributed by atoms with E-state index in [1.807, 2.05) is 22.7 Å². The summed E-state index contributed by atoms with van der Waals surface area (Å²) in [6, 6.07) is 121. The van der Waals surface area contributed by atoms with Crippen molar-refractivity contribution in [3.05, 3.63) is 349 Å². The highest BCUT2D eigenvalue weighted by atomic mass is 32.1. The Hall–Kier alpha value is -11.1. The SMILES string of the molecule is CC1(C)c2ccccc2-c2cccc(N(c3ccccc3-c3ccc4c(c3)sc3ccccc34)c3cccc4cc(CC5(C)c6ccccc6-c6c(-c7ccc(N(c8ccccc8-c8ccc9c(c8)sc8ccccc89)c8cccc9ccccc89)cc7)cccc65)ccc34)c21. The van der Waals surface area contributed by atoms with E-state index in [9.17, 15) is 0 Å². The molecule has 2 heterocycles. The van der Waals surface area contributed by atoms with Crippen LogP contribution in [-0.4, -0.2) is 0 Å². The maximum absolute atomic E-state index is 2.59. The molecule has 0 aliphatic heterocycles. The van der Waals surface area contributed by atoms with Crippen LogP contribution in [0.4, 0.5) is 34.1 Å². The number of thiophene rings is 2. The Morgan fingerprint density at radius 2 is 0.729 bits per heavy atom. The van der Waals surface area contributed by atoms with Crippen LogP contribution in [0.25, 0.3) is 118 Å². The van der Waals surface area contributed by atoms with Gasteiger partial charge in [-0.15, -0.1) is 22.7 Å². The van der Waals surface area contributed by atoms with Gasteiger partial charge in [0.25, 0.3) is 0 Å². The summed E-state index contributed by atoms with van der Waals surface area (Å²) in [5, 5.41) is 10.1. The molecule has 1 unspecified atom stereocenters. The molecule has 0 radical (unpaired) electrons. The Morgan fingerprint density at radius 1 is 0.281 bits per heavy atom. The third-order valence-corrected chi connectivity index (χ3v) is 23.3. The van der Waals surface area contributed by atoms with Gasteiger partial charge in [-0.3, -0.25) is 0 Å². The van der Waals surface area contributed by atoms with Crippen LogP contribution in [0.2, 0.25) is 0 Å². The summed E-state index contributed by atoms with van der Waals surface area (Å²) in [5.74, 6) is 0. The Morgan fingerprint density at radius 3 is 1.43 bits per heavy atom. The first-order chi connectivity index (χ1) is 47.2. The molecule has 96 heavy (non-hydrogen) atoms. The highest BCUT2D eigenvalue weighted by molar-refractivity contribution is 7.26. The van der Waals surface area contributed by atoms with Gasteiger partial charge in [-0.05, 0) is 156 Å². The molecule has 1 atom stereocenters. The van der Waals surface area contributed by atoms with E-state index in [0.29, 0.717) is 0 Å². The fourth-order valence-electron chi connectivity index (χ4n) is 16.7. The molecule has 0 spiro atoms. The molecule has 17 aromatic rings. The Balaban J connectivity index is 0.707. The van der Waals surface area contributed by atoms with E-state index < -0.39 is 0 Å². The summed E-state index contributed by atoms with van der Waals surface area (Å²) in [4.78, 5) is 5.06. The molecule has 15 aromatic carbocycles.